The fourth-order valence-electron chi connectivity index (χ4n) is 7.62. The Morgan fingerprint density at radius 1 is 0.526 bits per heavy atom. The molecule has 0 atom stereocenters. The van der Waals surface area contributed by atoms with Gasteiger partial charge in [0.25, 0.3) is 11.8 Å². The molecule has 2 aliphatic heterocycles. The van der Waals surface area contributed by atoms with E-state index in [0.717, 1.165) is 26.2 Å². The fraction of sp³-hybridized carbons (Fsp3) is 0.238. The molecule has 7 aromatic rings. The van der Waals surface area contributed by atoms with Crippen LogP contribution in [0.15, 0.2) is 99.2 Å². The zero-order valence-corrected chi connectivity index (χ0v) is 31.1. The van der Waals surface area contributed by atoms with Gasteiger partial charge in [-0.2, -0.15) is 0 Å². The predicted molar refractivity (Wildman–Crippen MR) is 211 cm³/mol. The van der Waals surface area contributed by atoms with Crippen molar-refractivity contribution in [1.29, 1.82) is 0 Å². The van der Waals surface area contributed by atoms with Gasteiger partial charge in [0.1, 0.15) is 34.4 Å². The third-order valence-corrected chi connectivity index (χ3v) is 10.9. The average molecular weight is 777 g/mol. The SMILES string of the molecule is CN1CCN(c2cc3c(cc2F)c(=O)c(-c2nnc(-c4cn(-c5ccc(F)cc5)c5cc(N6CCN(C)CC6)c(F)cc5c4=O)o2)cn3-c2ccc(F)cc2)CC1. The van der Waals surface area contributed by atoms with Gasteiger partial charge in [0.05, 0.1) is 22.4 Å². The summed E-state index contributed by atoms with van der Waals surface area (Å²) in [5, 5.41) is 8.34. The Hall–Kier alpha value is -6.32. The zero-order valence-electron chi connectivity index (χ0n) is 31.1. The minimum absolute atomic E-state index is 0.0166. The standard InChI is InChI=1S/C42H36F4N8O3/c1-49-11-15-51(16-12-49)37-21-35-29(19-33(37)45)39(55)31(23-53(35)27-7-3-25(43)4-8-27)41-47-48-42(57-41)32-24-54(28-9-5-26(44)6-10-28)36-22-38(34(46)20-30(36)40(32)56)52-17-13-50(2)14-18-52/h3-10,19-24H,11-18H2,1-2H3. The Kier molecular flexibility index (Phi) is 9.12. The van der Waals surface area contributed by atoms with Gasteiger partial charge in [0.2, 0.25) is 10.9 Å². The number of hydrogen-bond acceptors (Lipinski definition) is 9. The Morgan fingerprint density at radius 3 is 1.26 bits per heavy atom. The molecule has 4 aromatic carbocycles. The highest BCUT2D eigenvalue weighted by Gasteiger charge is 2.26. The summed E-state index contributed by atoms with van der Waals surface area (Å²) in [6, 6.07) is 16.8. The molecule has 11 nitrogen and oxygen atoms in total. The van der Waals surface area contributed by atoms with Crippen molar-refractivity contribution in [3.05, 3.63) is 129 Å². The second-order valence-electron chi connectivity index (χ2n) is 14.6. The van der Waals surface area contributed by atoms with E-state index in [1.165, 1.54) is 73.1 Å². The molecule has 15 heteroatoms. The molecule has 0 bridgehead atoms. The van der Waals surface area contributed by atoms with Gasteiger partial charge in [0, 0.05) is 86.9 Å². The van der Waals surface area contributed by atoms with Crippen molar-refractivity contribution in [2.45, 2.75) is 0 Å². The Bertz CT molecular complexity index is 2600. The Labute approximate surface area is 323 Å². The molecule has 2 aliphatic rings. The Morgan fingerprint density at radius 2 is 0.895 bits per heavy atom. The number of hydrogen-bond donors (Lipinski definition) is 0. The second-order valence-corrected chi connectivity index (χ2v) is 14.6. The number of rotatable bonds is 6. The van der Waals surface area contributed by atoms with Gasteiger partial charge in [-0.1, -0.05) is 0 Å². The maximum atomic E-state index is 15.9. The minimum Gasteiger partial charge on any atom is -0.416 e. The number of pyridine rings is 2. The molecule has 2 saturated heterocycles. The summed E-state index contributed by atoms with van der Waals surface area (Å²) in [5.41, 5.74) is 0.964. The molecule has 0 radical (unpaired) electrons. The van der Waals surface area contributed by atoms with Crippen molar-refractivity contribution in [1.82, 2.24) is 29.1 Å². The van der Waals surface area contributed by atoms with E-state index in [9.17, 15) is 18.4 Å². The van der Waals surface area contributed by atoms with E-state index in [2.05, 4.69) is 20.0 Å². The summed E-state index contributed by atoms with van der Waals surface area (Å²) >= 11 is 0. The van der Waals surface area contributed by atoms with Crippen LogP contribution in [0.4, 0.5) is 28.9 Å². The van der Waals surface area contributed by atoms with Crippen LogP contribution in [0, 0.1) is 23.3 Å². The molecule has 5 heterocycles. The monoisotopic (exact) mass is 776 g/mol. The number of likely N-dealkylation sites (N-methyl/N-ethyl adjacent to an activating group) is 2. The summed E-state index contributed by atoms with van der Waals surface area (Å²) < 4.78 is 69.3. The van der Waals surface area contributed by atoms with Crippen LogP contribution in [-0.2, 0) is 0 Å². The van der Waals surface area contributed by atoms with E-state index in [1.54, 1.807) is 21.3 Å². The van der Waals surface area contributed by atoms with Crippen LogP contribution in [0.5, 0.6) is 0 Å². The molecule has 0 amide bonds. The molecule has 0 N–H and O–H groups in total. The first-order valence-electron chi connectivity index (χ1n) is 18.5. The summed E-state index contributed by atoms with van der Waals surface area (Å²) in [7, 11) is 3.99. The van der Waals surface area contributed by atoms with Crippen LogP contribution < -0.4 is 20.7 Å². The normalized spacial score (nSPS) is 15.6. The van der Waals surface area contributed by atoms with Crippen LogP contribution in [0.2, 0.25) is 0 Å². The first-order valence-corrected chi connectivity index (χ1v) is 18.5. The molecule has 9 rings (SSSR count). The van der Waals surface area contributed by atoms with Gasteiger partial charge in [0.15, 0.2) is 0 Å². The van der Waals surface area contributed by atoms with Crippen LogP contribution in [-0.4, -0.2) is 95.6 Å². The first-order chi connectivity index (χ1) is 27.5. The molecular weight excluding hydrogens is 741 g/mol. The molecule has 0 spiro atoms. The number of aromatic nitrogens is 4. The Balaban J connectivity index is 1.19. The number of halogens is 4. The zero-order chi connectivity index (χ0) is 39.5. The van der Waals surface area contributed by atoms with Crippen molar-refractivity contribution in [3.63, 3.8) is 0 Å². The maximum Gasteiger partial charge on any atom is 0.253 e. The topological polar surface area (TPSA) is 95.9 Å². The van der Waals surface area contributed by atoms with Gasteiger partial charge in [-0.15, -0.1) is 10.2 Å². The molecular formula is C42H36F4N8O3. The summed E-state index contributed by atoms with van der Waals surface area (Å²) in [6.07, 6.45) is 2.93. The number of piperazine rings is 2. The molecule has 0 aliphatic carbocycles. The third-order valence-electron chi connectivity index (χ3n) is 10.9. The third kappa shape index (κ3) is 6.61. The fourth-order valence-corrected chi connectivity index (χ4v) is 7.62. The predicted octanol–water partition coefficient (Wildman–Crippen LogP) is 6.07. The molecule has 290 valence electrons. The van der Waals surface area contributed by atoms with E-state index in [4.69, 9.17) is 4.42 Å². The van der Waals surface area contributed by atoms with Crippen molar-refractivity contribution in [2.24, 2.45) is 0 Å². The van der Waals surface area contributed by atoms with E-state index >= 15 is 8.78 Å². The van der Waals surface area contributed by atoms with E-state index < -0.39 is 34.1 Å². The van der Waals surface area contributed by atoms with Crippen LogP contribution in [0.3, 0.4) is 0 Å². The lowest BCUT2D eigenvalue weighted by molar-refractivity contribution is 0.312. The number of anilines is 2. The second kappa shape index (κ2) is 14.3. The highest BCUT2D eigenvalue weighted by Crippen LogP contribution is 2.32. The number of fused-ring (bicyclic) bond motifs is 2. The van der Waals surface area contributed by atoms with Crippen molar-refractivity contribution in [2.75, 3.05) is 76.3 Å². The van der Waals surface area contributed by atoms with Gasteiger partial charge >= 0.3 is 0 Å². The largest absolute Gasteiger partial charge is 0.416 e. The van der Waals surface area contributed by atoms with Gasteiger partial charge in [-0.3, -0.25) is 9.59 Å². The number of nitrogens with zero attached hydrogens (tertiary/aromatic N) is 8. The van der Waals surface area contributed by atoms with Crippen LogP contribution in [0.25, 0.3) is 56.1 Å². The first kappa shape index (κ1) is 36.3. The summed E-state index contributed by atoms with van der Waals surface area (Å²) in [6.45, 7) is 5.29. The molecule has 2 fully saturated rings. The lowest BCUT2D eigenvalue weighted by Gasteiger charge is -2.34. The molecule has 0 unspecified atom stereocenters. The van der Waals surface area contributed by atoms with E-state index in [1.807, 2.05) is 23.9 Å². The van der Waals surface area contributed by atoms with Gasteiger partial charge in [-0.25, -0.2) is 17.6 Å². The van der Waals surface area contributed by atoms with E-state index in [-0.39, 0.29) is 33.7 Å². The maximum absolute atomic E-state index is 15.9. The molecule has 57 heavy (non-hydrogen) atoms. The highest BCUT2D eigenvalue weighted by molar-refractivity contribution is 5.89. The van der Waals surface area contributed by atoms with Crippen molar-refractivity contribution < 1.29 is 22.0 Å². The quantitative estimate of drug-likeness (QED) is 0.187. The molecule has 3 aromatic heterocycles. The summed E-state index contributed by atoms with van der Waals surface area (Å²) in [4.78, 5) is 36.5. The summed E-state index contributed by atoms with van der Waals surface area (Å²) in [5.74, 6) is -2.63. The van der Waals surface area contributed by atoms with Crippen molar-refractivity contribution >= 4 is 33.2 Å². The van der Waals surface area contributed by atoms with E-state index in [0.29, 0.717) is 60.0 Å². The minimum atomic E-state index is -0.608. The molecule has 0 saturated carbocycles. The average Bonchev–Trinajstić information content (AvgIpc) is 3.70. The van der Waals surface area contributed by atoms with Gasteiger partial charge < -0.3 is 33.2 Å². The van der Waals surface area contributed by atoms with Crippen LogP contribution in [0.1, 0.15) is 0 Å². The lowest BCUT2D eigenvalue weighted by atomic mass is 10.1. The number of benzene rings is 4. The van der Waals surface area contributed by atoms with Gasteiger partial charge in [-0.05, 0) is 86.9 Å². The highest BCUT2D eigenvalue weighted by atomic mass is 19.1. The van der Waals surface area contributed by atoms with Crippen molar-refractivity contribution in [3.8, 4) is 34.3 Å². The lowest BCUT2D eigenvalue weighted by Crippen LogP contribution is -2.44. The van der Waals surface area contributed by atoms with Crippen LogP contribution >= 0.6 is 0 Å². The smallest absolute Gasteiger partial charge is 0.253 e.